The zero-order valence-corrected chi connectivity index (χ0v) is 7.46. The van der Waals surface area contributed by atoms with Crippen LogP contribution in [0.2, 0.25) is 0 Å². The maximum Gasteiger partial charge on any atom is 0.280 e. The molecular formula is C9H11F2NO. The summed E-state index contributed by atoms with van der Waals surface area (Å²) in [4.78, 5) is 3.64. The van der Waals surface area contributed by atoms with Crippen LogP contribution in [-0.4, -0.2) is 10.1 Å². The van der Waals surface area contributed by atoms with Gasteiger partial charge < -0.3 is 5.11 Å². The number of pyridine rings is 1. The Hall–Kier alpha value is -1.03. The van der Waals surface area contributed by atoms with E-state index in [-0.39, 0.29) is 11.4 Å². The molecule has 4 heteroatoms. The van der Waals surface area contributed by atoms with E-state index in [2.05, 4.69) is 4.98 Å². The van der Waals surface area contributed by atoms with E-state index in [1.165, 1.54) is 32.0 Å². The standard InChI is InChI=1S/C9H11F2NO/c1-9(2,13)7-5-3-4-6(12-7)8(10)11/h3-5,8,13H,1-2H3. The van der Waals surface area contributed by atoms with E-state index in [0.717, 1.165) is 0 Å². The molecule has 0 aliphatic rings. The Kier molecular flexibility index (Phi) is 2.61. The molecule has 0 aliphatic heterocycles. The van der Waals surface area contributed by atoms with E-state index in [0.29, 0.717) is 0 Å². The summed E-state index contributed by atoms with van der Waals surface area (Å²) in [6.07, 6.45) is -2.60. The van der Waals surface area contributed by atoms with Crippen molar-refractivity contribution in [2.75, 3.05) is 0 Å². The fraction of sp³-hybridized carbons (Fsp3) is 0.444. The molecule has 0 radical (unpaired) electrons. The third-order valence-corrected chi connectivity index (χ3v) is 1.62. The second-order valence-corrected chi connectivity index (χ2v) is 3.31. The van der Waals surface area contributed by atoms with E-state index >= 15 is 0 Å². The van der Waals surface area contributed by atoms with Gasteiger partial charge in [0.05, 0.1) is 5.69 Å². The Morgan fingerprint density at radius 3 is 2.46 bits per heavy atom. The molecule has 1 heterocycles. The molecular weight excluding hydrogens is 176 g/mol. The summed E-state index contributed by atoms with van der Waals surface area (Å²) < 4.78 is 24.4. The molecule has 13 heavy (non-hydrogen) atoms. The normalized spacial score (nSPS) is 12.2. The van der Waals surface area contributed by atoms with Crippen molar-refractivity contribution in [3.63, 3.8) is 0 Å². The van der Waals surface area contributed by atoms with Crippen molar-refractivity contribution in [3.05, 3.63) is 29.6 Å². The van der Waals surface area contributed by atoms with Gasteiger partial charge in [-0.25, -0.2) is 13.8 Å². The lowest BCUT2D eigenvalue weighted by Crippen LogP contribution is -2.18. The molecule has 0 aliphatic carbocycles. The molecule has 0 saturated heterocycles. The fourth-order valence-electron chi connectivity index (χ4n) is 0.914. The van der Waals surface area contributed by atoms with E-state index in [9.17, 15) is 13.9 Å². The summed E-state index contributed by atoms with van der Waals surface area (Å²) in [5, 5.41) is 9.49. The van der Waals surface area contributed by atoms with Crippen LogP contribution in [0.25, 0.3) is 0 Å². The van der Waals surface area contributed by atoms with Crippen LogP contribution in [0.3, 0.4) is 0 Å². The number of alkyl halides is 2. The van der Waals surface area contributed by atoms with Crippen molar-refractivity contribution in [1.29, 1.82) is 0 Å². The Balaban J connectivity index is 3.06. The zero-order chi connectivity index (χ0) is 10.1. The van der Waals surface area contributed by atoms with Gasteiger partial charge in [0.15, 0.2) is 0 Å². The molecule has 2 nitrogen and oxygen atoms in total. The van der Waals surface area contributed by atoms with Crippen LogP contribution in [0.1, 0.15) is 31.7 Å². The Morgan fingerprint density at radius 2 is 2.00 bits per heavy atom. The van der Waals surface area contributed by atoms with Crippen molar-refractivity contribution < 1.29 is 13.9 Å². The predicted octanol–water partition coefficient (Wildman–Crippen LogP) is 2.25. The molecule has 0 atom stereocenters. The van der Waals surface area contributed by atoms with Crippen LogP contribution in [0, 0.1) is 0 Å². The highest BCUT2D eigenvalue weighted by molar-refractivity contribution is 5.16. The summed E-state index contributed by atoms with van der Waals surface area (Å²) in [6, 6.07) is 4.22. The fourth-order valence-corrected chi connectivity index (χ4v) is 0.914. The molecule has 0 bridgehead atoms. The Morgan fingerprint density at radius 1 is 1.38 bits per heavy atom. The van der Waals surface area contributed by atoms with Gasteiger partial charge in [0.25, 0.3) is 6.43 Å². The van der Waals surface area contributed by atoms with Crippen molar-refractivity contribution >= 4 is 0 Å². The van der Waals surface area contributed by atoms with Crippen LogP contribution in [-0.2, 0) is 5.60 Å². The van der Waals surface area contributed by atoms with Gasteiger partial charge in [0, 0.05) is 0 Å². The highest BCUT2D eigenvalue weighted by Crippen LogP contribution is 2.21. The average Bonchev–Trinajstić information content (AvgIpc) is 2.03. The van der Waals surface area contributed by atoms with Gasteiger partial charge in [-0.3, -0.25) is 0 Å². The number of aliphatic hydroxyl groups is 1. The first-order valence-electron chi connectivity index (χ1n) is 3.89. The van der Waals surface area contributed by atoms with E-state index in [4.69, 9.17) is 0 Å². The smallest absolute Gasteiger partial charge is 0.280 e. The van der Waals surface area contributed by atoms with Crippen LogP contribution >= 0.6 is 0 Å². The third kappa shape index (κ3) is 2.45. The molecule has 0 amide bonds. The highest BCUT2D eigenvalue weighted by Gasteiger charge is 2.19. The summed E-state index contributed by atoms with van der Waals surface area (Å²) in [5.74, 6) is 0. The lowest BCUT2D eigenvalue weighted by atomic mass is 10.0. The first-order chi connectivity index (χ1) is 5.91. The number of rotatable bonds is 2. The molecule has 0 aromatic carbocycles. The molecule has 1 aromatic heterocycles. The van der Waals surface area contributed by atoms with Crippen LogP contribution < -0.4 is 0 Å². The van der Waals surface area contributed by atoms with Gasteiger partial charge in [-0.1, -0.05) is 6.07 Å². The highest BCUT2D eigenvalue weighted by atomic mass is 19.3. The van der Waals surface area contributed by atoms with Crippen LogP contribution in [0.5, 0.6) is 0 Å². The summed E-state index contributed by atoms with van der Waals surface area (Å²) in [7, 11) is 0. The first-order valence-corrected chi connectivity index (χ1v) is 3.89. The molecule has 72 valence electrons. The van der Waals surface area contributed by atoms with Crippen molar-refractivity contribution in [2.45, 2.75) is 25.9 Å². The van der Waals surface area contributed by atoms with Gasteiger partial charge in [0.1, 0.15) is 11.3 Å². The molecule has 1 rings (SSSR count). The minimum Gasteiger partial charge on any atom is -0.384 e. The van der Waals surface area contributed by atoms with Crippen LogP contribution in [0.15, 0.2) is 18.2 Å². The Bertz CT molecular complexity index is 294. The predicted molar refractivity (Wildman–Crippen MR) is 44.4 cm³/mol. The quantitative estimate of drug-likeness (QED) is 0.770. The molecule has 0 spiro atoms. The molecule has 1 aromatic rings. The summed E-state index contributed by atoms with van der Waals surface area (Å²) in [6.45, 7) is 3.01. The van der Waals surface area contributed by atoms with Gasteiger partial charge in [-0.05, 0) is 26.0 Å². The minimum atomic E-state index is -2.60. The van der Waals surface area contributed by atoms with Gasteiger partial charge in [-0.15, -0.1) is 0 Å². The van der Waals surface area contributed by atoms with E-state index in [1.807, 2.05) is 0 Å². The number of hydrogen-bond acceptors (Lipinski definition) is 2. The van der Waals surface area contributed by atoms with E-state index in [1.54, 1.807) is 0 Å². The maximum atomic E-state index is 12.2. The number of hydrogen-bond donors (Lipinski definition) is 1. The molecule has 0 saturated carbocycles. The van der Waals surface area contributed by atoms with Crippen molar-refractivity contribution in [1.82, 2.24) is 4.98 Å². The maximum absolute atomic E-state index is 12.2. The topological polar surface area (TPSA) is 33.1 Å². The molecule has 1 N–H and O–H groups in total. The lowest BCUT2D eigenvalue weighted by Gasteiger charge is -2.16. The molecule has 0 unspecified atom stereocenters. The minimum absolute atomic E-state index is 0.255. The lowest BCUT2D eigenvalue weighted by molar-refractivity contribution is 0.0721. The average molecular weight is 187 g/mol. The van der Waals surface area contributed by atoms with Gasteiger partial charge in [-0.2, -0.15) is 0 Å². The van der Waals surface area contributed by atoms with Gasteiger partial charge >= 0.3 is 0 Å². The van der Waals surface area contributed by atoms with Crippen molar-refractivity contribution in [2.24, 2.45) is 0 Å². The third-order valence-electron chi connectivity index (χ3n) is 1.62. The number of aromatic nitrogens is 1. The second kappa shape index (κ2) is 3.38. The second-order valence-electron chi connectivity index (χ2n) is 3.31. The SMILES string of the molecule is CC(C)(O)c1cccc(C(F)F)n1. The largest absolute Gasteiger partial charge is 0.384 e. The number of halogens is 2. The monoisotopic (exact) mass is 187 g/mol. The summed E-state index contributed by atoms with van der Waals surface area (Å²) >= 11 is 0. The van der Waals surface area contributed by atoms with Crippen LogP contribution in [0.4, 0.5) is 8.78 Å². The van der Waals surface area contributed by atoms with Gasteiger partial charge in [0.2, 0.25) is 0 Å². The summed E-state index contributed by atoms with van der Waals surface area (Å²) in [5.41, 5.74) is -1.23. The Labute approximate surface area is 75.2 Å². The first kappa shape index (κ1) is 10.1. The van der Waals surface area contributed by atoms with Crippen molar-refractivity contribution in [3.8, 4) is 0 Å². The zero-order valence-electron chi connectivity index (χ0n) is 7.46. The number of nitrogens with zero attached hydrogens (tertiary/aromatic N) is 1. The molecule has 0 fully saturated rings. The van der Waals surface area contributed by atoms with E-state index < -0.39 is 12.0 Å².